The number of thiol groups is 1. The maximum absolute atomic E-state index is 12.4. The molecule has 80 valence electrons. The highest BCUT2D eigenvalue weighted by molar-refractivity contribution is 7.84. The second-order valence-corrected chi connectivity index (χ2v) is 3.40. The number of allylic oxidation sites excluding steroid dienone is 1. The molecule has 0 spiro atoms. The number of hydrogen-bond acceptors (Lipinski definition) is 2. The van der Waals surface area contributed by atoms with E-state index in [0.29, 0.717) is 5.56 Å². The van der Waals surface area contributed by atoms with Crippen molar-refractivity contribution in [1.29, 1.82) is 0 Å². The average molecular weight is 248 g/mol. The number of thiocarbonyl (C=S) groups is 1. The predicted octanol–water partition coefficient (Wildman–Crippen LogP) is 3.89. The van der Waals surface area contributed by atoms with Crippen molar-refractivity contribution in [2.75, 3.05) is 0 Å². The molecule has 1 aromatic rings. The SMILES string of the molecule is FC(F)(F)C(=S)/C(=C/S)c1ccccc1. The van der Waals surface area contributed by atoms with Crippen molar-refractivity contribution in [3.05, 3.63) is 41.3 Å². The molecule has 0 amide bonds. The third-order valence-corrected chi connectivity index (χ3v) is 2.43. The molecule has 0 radical (unpaired) electrons. The first-order valence-electron chi connectivity index (χ1n) is 3.98. The minimum absolute atomic E-state index is 0.0820. The fourth-order valence-corrected chi connectivity index (χ4v) is 1.58. The van der Waals surface area contributed by atoms with Gasteiger partial charge in [0, 0.05) is 5.57 Å². The molecule has 0 N–H and O–H groups in total. The van der Waals surface area contributed by atoms with Crippen LogP contribution in [0, 0.1) is 0 Å². The van der Waals surface area contributed by atoms with E-state index in [1.54, 1.807) is 30.3 Å². The number of alkyl halides is 3. The first-order chi connectivity index (χ1) is 6.96. The van der Waals surface area contributed by atoms with E-state index in [1.807, 2.05) is 0 Å². The molecule has 0 unspecified atom stereocenters. The number of hydrogen-bond donors (Lipinski definition) is 1. The Morgan fingerprint density at radius 2 is 1.73 bits per heavy atom. The van der Waals surface area contributed by atoms with Crippen LogP contribution in [0.1, 0.15) is 5.56 Å². The predicted molar refractivity (Wildman–Crippen MR) is 62.1 cm³/mol. The summed E-state index contributed by atoms with van der Waals surface area (Å²) in [4.78, 5) is -1.05. The summed E-state index contributed by atoms with van der Waals surface area (Å²) in [6, 6.07) is 8.12. The molecule has 0 bridgehead atoms. The van der Waals surface area contributed by atoms with E-state index in [-0.39, 0.29) is 5.57 Å². The summed E-state index contributed by atoms with van der Waals surface area (Å²) >= 11 is 8.10. The first kappa shape index (κ1) is 12.3. The number of halogens is 3. The number of benzene rings is 1. The molecule has 0 saturated heterocycles. The van der Waals surface area contributed by atoms with Gasteiger partial charge in [0.05, 0.1) is 0 Å². The summed E-state index contributed by atoms with van der Waals surface area (Å²) in [5, 5.41) is 1.07. The van der Waals surface area contributed by atoms with Gasteiger partial charge >= 0.3 is 6.18 Å². The second kappa shape index (κ2) is 4.81. The zero-order valence-electron chi connectivity index (χ0n) is 7.45. The van der Waals surface area contributed by atoms with Gasteiger partial charge in [-0.2, -0.15) is 25.8 Å². The Morgan fingerprint density at radius 3 is 2.13 bits per heavy atom. The molecule has 0 aliphatic heterocycles. The molecular formula is C10H7F3S2. The third-order valence-electron chi connectivity index (χ3n) is 1.72. The van der Waals surface area contributed by atoms with E-state index in [0.717, 1.165) is 5.41 Å². The summed E-state index contributed by atoms with van der Waals surface area (Å²) in [5.41, 5.74) is 0.330. The smallest absolute Gasteiger partial charge is 0.165 e. The van der Waals surface area contributed by atoms with Crippen LogP contribution in [0.25, 0.3) is 5.57 Å². The van der Waals surface area contributed by atoms with Gasteiger partial charge in [-0.05, 0) is 11.0 Å². The van der Waals surface area contributed by atoms with Crippen LogP contribution >= 0.6 is 24.8 Å². The lowest BCUT2D eigenvalue weighted by Crippen LogP contribution is -2.21. The van der Waals surface area contributed by atoms with Gasteiger partial charge in [0.15, 0.2) is 0 Å². The van der Waals surface area contributed by atoms with Gasteiger partial charge in [-0.3, -0.25) is 0 Å². The summed E-state index contributed by atoms with van der Waals surface area (Å²) in [5.74, 6) is 0. The van der Waals surface area contributed by atoms with Crippen molar-refractivity contribution in [2.24, 2.45) is 0 Å². The molecule has 0 aromatic heterocycles. The van der Waals surface area contributed by atoms with E-state index < -0.39 is 11.0 Å². The van der Waals surface area contributed by atoms with E-state index in [4.69, 9.17) is 0 Å². The minimum Gasteiger partial charge on any atom is -0.165 e. The molecule has 0 atom stereocenters. The standard InChI is InChI=1S/C10H7F3S2/c11-10(12,13)9(15)8(6-14)7-4-2-1-3-5-7/h1-6,14H/b8-6+. The molecule has 15 heavy (non-hydrogen) atoms. The van der Waals surface area contributed by atoms with Crippen molar-refractivity contribution in [3.8, 4) is 0 Å². The highest BCUT2D eigenvalue weighted by Gasteiger charge is 2.36. The van der Waals surface area contributed by atoms with Crippen LogP contribution in [0.3, 0.4) is 0 Å². The summed E-state index contributed by atoms with van der Waals surface area (Å²) in [6.45, 7) is 0. The van der Waals surface area contributed by atoms with E-state index in [2.05, 4.69) is 24.8 Å². The zero-order valence-corrected chi connectivity index (χ0v) is 9.16. The van der Waals surface area contributed by atoms with E-state index >= 15 is 0 Å². The van der Waals surface area contributed by atoms with Gasteiger partial charge in [-0.1, -0.05) is 42.5 Å². The van der Waals surface area contributed by atoms with Crippen molar-refractivity contribution in [2.45, 2.75) is 6.18 Å². The monoisotopic (exact) mass is 248 g/mol. The van der Waals surface area contributed by atoms with Crippen LogP contribution in [-0.4, -0.2) is 11.0 Å². The summed E-state index contributed by atoms with van der Waals surface area (Å²) in [6.07, 6.45) is -4.50. The molecule has 0 aliphatic carbocycles. The van der Waals surface area contributed by atoms with E-state index in [9.17, 15) is 13.2 Å². The van der Waals surface area contributed by atoms with Crippen molar-refractivity contribution < 1.29 is 13.2 Å². The topological polar surface area (TPSA) is 0 Å². The normalized spacial score (nSPS) is 12.7. The van der Waals surface area contributed by atoms with Crippen LogP contribution in [-0.2, 0) is 0 Å². The molecule has 5 heteroatoms. The Balaban J connectivity index is 3.08. The van der Waals surface area contributed by atoms with Gasteiger partial charge in [-0.15, -0.1) is 0 Å². The van der Waals surface area contributed by atoms with Gasteiger partial charge in [0.1, 0.15) is 4.86 Å². The summed E-state index contributed by atoms with van der Waals surface area (Å²) < 4.78 is 37.1. The van der Waals surface area contributed by atoms with Crippen LogP contribution in [0.2, 0.25) is 0 Å². The van der Waals surface area contributed by atoms with Crippen LogP contribution in [0.5, 0.6) is 0 Å². The second-order valence-electron chi connectivity index (χ2n) is 2.74. The van der Waals surface area contributed by atoms with E-state index in [1.165, 1.54) is 0 Å². The quantitative estimate of drug-likeness (QED) is 0.470. The lowest BCUT2D eigenvalue weighted by atomic mass is 10.0. The Morgan fingerprint density at radius 1 is 1.20 bits per heavy atom. The maximum atomic E-state index is 12.4. The summed E-state index contributed by atoms with van der Waals surface area (Å²) in [7, 11) is 0. The number of rotatable bonds is 2. The van der Waals surface area contributed by atoms with Crippen molar-refractivity contribution in [1.82, 2.24) is 0 Å². The van der Waals surface area contributed by atoms with Gasteiger partial charge in [0.2, 0.25) is 0 Å². The lowest BCUT2D eigenvalue weighted by Gasteiger charge is -2.11. The lowest BCUT2D eigenvalue weighted by molar-refractivity contribution is -0.0547. The zero-order chi connectivity index (χ0) is 11.5. The third kappa shape index (κ3) is 3.07. The van der Waals surface area contributed by atoms with Gasteiger partial charge < -0.3 is 0 Å². The van der Waals surface area contributed by atoms with Crippen molar-refractivity contribution >= 4 is 35.3 Å². The van der Waals surface area contributed by atoms with Gasteiger partial charge in [0.25, 0.3) is 0 Å². The molecule has 0 heterocycles. The van der Waals surface area contributed by atoms with Crippen molar-refractivity contribution in [3.63, 3.8) is 0 Å². The van der Waals surface area contributed by atoms with Gasteiger partial charge in [-0.25, -0.2) is 0 Å². The van der Waals surface area contributed by atoms with Crippen LogP contribution < -0.4 is 0 Å². The molecule has 1 aromatic carbocycles. The molecule has 0 saturated carbocycles. The Kier molecular flexibility index (Phi) is 3.93. The molecular weight excluding hydrogens is 241 g/mol. The Hall–Kier alpha value is -0.810. The first-order valence-corrected chi connectivity index (χ1v) is 4.90. The van der Waals surface area contributed by atoms with Crippen LogP contribution in [0.4, 0.5) is 13.2 Å². The maximum Gasteiger partial charge on any atom is 0.427 e. The molecule has 0 aliphatic rings. The minimum atomic E-state index is -4.50. The Bertz CT molecular complexity index is 379. The molecule has 0 nitrogen and oxygen atoms in total. The largest absolute Gasteiger partial charge is 0.427 e. The van der Waals surface area contributed by atoms with Crippen LogP contribution in [0.15, 0.2) is 35.7 Å². The fourth-order valence-electron chi connectivity index (χ4n) is 1.03. The highest BCUT2D eigenvalue weighted by atomic mass is 32.1. The highest BCUT2D eigenvalue weighted by Crippen LogP contribution is 2.28. The molecule has 1 rings (SSSR count). The fraction of sp³-hybridized carbons (Fsp3) is 0.100. The average Bonchev–Trinajstić information content (AvgIpc) is 2.19. The Labute approximate surface area is 96.2 Å². The molecule has 0 fully saturated rings.